The number of nitrogens with zero attached hydrogens (tertiary/aromatic N) is 1. The number of hydrogen-bond donors (Lipinski definition) is 2. The van der Waals surface area contributed by atoms with Crippen molar-refractivity contribution in [2.75, 3.05) is 10.2 Å². The third-order valence-electron chi connectivity index (χ3n) is 8.41. The molecule has 220 valence electrons. The van der Waals surface area contributed by atoms with Crippen LogP contribution in [-0.4, -0.2) is 11.0 Å². The maximum absolute atomic E-state index is 16.3. The average molecular weight is 597 g/mol. The molecule has 2 N–H and O–H groups in total. The lowest BCUT2D eigenvalue weighted by Crippen LogP contribution is -2.37. The Morgan fingerprint density at radius 1 is 1.07 bits per heavy atom. The summed E-state index contributed by atoms with van der Waals surface area (Å²) in [4.78, 5) is 16.2. The summed E-state index contributed by atoms with van der Waals surface area (Å²) in [7, 11) is 0. The Kier molecular flexibility index (Phi) is 7.65. The first kappa shape index (κ1) is 28.8. The number of ether oxygens (including phenoxy) is 1. The Balaban J connectivity index is 1.51. The van der Waals surface area contributed by atoms with Gasteiger partial charge >= 0.3 is 0 Å². The van der Waals surface area contributed by atoms with Gasteiger partial charge in [-0.3, -0.25) is 9.69 Å². The standard InChI is InChI=1S/C36H34ClFN2O3/c1-22-9-7-12-27(32(22)37)35(42)40-30-13-8-14-31(41)33(30)39-29-20-36(2,3)18-17-26(29)34(40)25-16-15-24(19-28(25)38)43-21-23-10-5-4-6-11-23/h4-16,19,34,39,41H,17-18,20-21H2,1-3H3. The van der Waals surface area contributed by atoms with Crippen LogP contribution in [0.25, 0.3) is 0 Å². The smallest absolute Gasteiger partial charge is 0.260 e. The van der Waals surface area contributed by atoms with Crippen molar-refractivity contribution in [2.24, 2.45) is 5.41 Å². The van der Waals surface area contributed by atoms with E-state index >= 15 is 4.39 Å². The molecule has 1 aliphatic heterocycles. The number of hydrogen-bond acceptors (Lipinski definition) is 4. The van der Waals surface area contributed by atoms with Gasteiger partial charge in [-0.15, -0.1) is 0 Å². The van der Waals surface area contributed by atoms with Gasteiger partial charge in [0, 0.05) is 17.3 Å². The third kappa shape index (κ3) is 5.59. The predicted molar refractivity (Wildman–Crippen MR) is 169 cm³/mol. The summed E-state index contributed by atoms with van der Waals surface area (Å²) in [6.07, 6.45) is 2.19. The van der Waals surface area contributed by atoms with E-state index < -0.39 is 11.9 Å². The maximum Gasteiger partial charge on any atom is 0.260 e. The number of rotatable bonds is 5. The number of allylic oxidation sites excluding steroid dienone is 1. The van der Waals surface area contributed by atoms with Crippen LogP contribution in [0.15, 0.2) is 96.2 Å². The van der Waals surface area contributed by atoms with Crippen LogP contribution in [0.5, 0.6) is 11.5 Å². The summed E-state index contributed by atoms with van der Waals surface area (Å²) in [6, 6.07) is 24.1. The van der Waals surface area contributed by atoms with Crippen molar-refractivity contribution in [2.45, 2.75) is 52.7 Å². The first-order valence-electron chi connectivity index (χ1n) is 14.5. The third-order valence-corrected chi connectivity index (χ3v) is 8.92. The van der Waals surface area contributed by atoms with Crippen molar-refractivity contribution in [1.82, 2.24) is 0 Å². The van der Waals surface area contributed by atoms with Gasteiger partial charge in [0.05, 0.1) is 22.3 Å². The number of carbonyl (C=O) groups excluding carboxylic acids is 1. The number of nitrogens with one attached hydrogen (secondary N) is 1. The summed E-state index contributed by atoms with van der Waals surface area (Å²) in [5.41, 5.74) is 5.02. The van der Waals surface area contributed by atoms with Gasteiger partial charge in [0.2, 0.25) is 0 Å². The zero-order chi connectivity index (χ0) is 30.3. The SMILES string of the molecule is Cc1cccc(C(=O)N2c3cccc(O)c3NC3=C(CCC(C)(C)C3)C2c2ccc(OCc3ccccc3)cc2F)c1Cl. The van der Waals surface area contributed by atoms with Crippen molar-refractivity contribution in [3.63, 3.8) is 0 Å². The number of benzene rings is 4. The minimum atomic E-state index is -0.783. The van der Waals surface area contributed by atoms with E-state index in [-0.39, 0.29) is 17.1 Å². The van der Waals surface area contributed by atoms with Crippen molar-refractivity contribution < 1.29 is 19.0 Å². The summed E-state index contributed by atoms with van der Waals surface area (Å²) >= 11 is 6.70. The summed E-state index contributed by atoms with van der Waals surface area (Å²) in [5.74, 6) is -0.459. The van der Waals surface area contributed by atoms with Gasteiger partial charge < -0.3 is 15.2 Å². The van der Waals surface area contributed by atoms with Crippen LogP contribution in [0.3, 0.4) is 0 Å². The highest BCUT2D eigenvalue weighted by Crippen LogP contribution is 2.52. The molecule has 2 aliphatic rings. The van der Waals surface area contributed by atoms with Crippen LogP contribution in [0.1, 0.15) is 66.2 Å². The van der Waals surface area contributed by atoms with Gasteiger partial charge in [0.25, 0.3) is 5.91 Å². The van der Waals surface area contributed by atoms with E-state index in [0.29, 0.717) is 52.7 Å². The van der Waals surface area contributed by atoms with E-state index in [1.807, 2.05) is 43.3 Å². The molecule has 0 aromatic heterocycles. The number of para-hydroxylation sites is 1. The molecule has 1 heterocycles. The highest BCUT2D eigenvalue weighted by molar-refractivity contribution is 6.35. The van der Waals surface area contributed by atoms with Gasteiger partial charge in [0.15, 0.2) is 0 Å². The Hall–Kier alpha value is -4.29. The van der Waals surface area contributed by atoms with Crippen LogP contribution >= 0.6 is 11.6 Å². The van der Waals surface area contributed by atoms with Crippen LogP contribution in [0, 0.1) is 18.2 Å². The van der Waals surface area contributed by atoms with Gasteiger partial charge in [0.1, 0.15) is 29.6 Å². The Labute approximate surface area is 256 Å². The van der Waals surface area contributed by atoms with Crippen molar-refractivity contribution >= 4 is 28.9 Å². The van der Waals surface area contributed by atoms with Crippen molar-refractivity contribution in [1.29, 1.82) is 0 Å². The minimum absolute atomic E-state index is 0.00616. The van der Waals surface area contributed by atoms with E-state index in [1.54, 1.807) is 47.4 Å². The lowest BCUT2D eigenvalue weighted by molar-refractivity contribution is 0.0979. The number of fused-ring (bicyclic) bond motifs is 1. The fraction of sp³-hybridized carbons (Fsp3) is 0.250. The molecule has 0 saturated heterocycles. The highest BCUT2D eigenvalue weighted by atomic mass is 35.5. The Bertz CT molecular complexity index is 1730. The van der Waals surface area contributed by atoms with E-state index in [1.165, 1.54) is 6.07 Å². The van der Waals surface area contributed by atoms with Gasteiger partial charge in [-0.05, 0) is 78.6 Å². The number of aryl methyl sites for hydroxylation is 1. The molecule has 43 heavy (non-hydrogen) atoms. The quantitative estimate of drug-likeness (QED) is 0.225. The highest BCUT2D eigenvalue weighted by Gasteiger charge is 2.41. The molecule has 7 heteroatoms. The van der Waals surface area contributed by atoms with Crippen LogP contribution in [0.2, 0.25) is 5.02 Å². The number of phenols is 1. The normalized spacial score (nSPS) is 17.4. The first-order valence-corrected chi connectivity index (χ1v) is 14.9. The molecule has 0 saturated carbocycles. The van der Waals surface area contributed by atoms with Gasteiger partial charge in [-0.1, -0.05) is 74.0 Å². The molecular weight excluding hydrogens is 563 g/mol. The Morgan fingerprint density at radius 2 is 1.84 bits per heavy atom. The van der Waals surface area contributed by atoms with E-state index in [4.69, 9.17) is 16.3 Å². The second kappa shape index (κ2) is 11.4. The lowest BCUT2D eigenvalue weighted by atomic mass is 9.74. The molecule has 1 unspecified atom stereocenters. The van der Waals surface area contributed by atoms with Crippen LogP contribution < -0.4 is 15.0 Å². The molecule has 5 nitrogen and oxygen atoms in total. The zero-order valence-corrected chi connectivity index (χ0v) is 25.2. The van der Waals surface area contributed by atoms with Crippen LogP contribution in [-0.2, 0) is 6.61 Å². The molecule has 1 aliphatic carbocycles. The number of phenolic OH excluding ortho intramolecular Hbond substituents is 1. The van der Waals surface area contributed by atoms with E-state index in [0.717, 1.165) is 28.8 Å². The molecule has 0 spiro atoms. The lowest BCUT2D eigenvalue weighted by Gasteiger charge is -2.38. The minimum Gasteiger partial charge on any atom is -0.506 e. The molecular formula is C36H34ClFN2O3. The number of amides is 1. The van der Waals surface area contributed by atoms with E-state index in [9.17, 15) is 9.90 Å². The number of halogens is 2. The molecule has 4 aromatic rings. The topological polar surface area (TPSA) is 61.8 Å². The summed E-state index contributed by atoms with van der Waals surface area (Å²) in [6.45, 7) is 6.54. The van der Waals surface area contributed by atoms with Gasteiger partial charge in [-0.2, -0.15) is 0 Å². The zero-order valence-electron chi connectivity index (χ0n) is 24.5. The molecule has 1 atom stereocenters. The molecule has 0 radical (unpaired) electrons. The van der Waals surface area contributed by atoms with E-state index in [2.05, 4.69) is 19.2 Å². The van der Waals surface area contributed by atoms with Gasteiger partial charge in [-0.25, -0.2) is 4.39 Å². The second-order valence-electron chi connectivity index (χ2n) is 12.1. The molecule has 6 rings (SSSR count). The largest absolute Gasteiger partial charge is 0.506 e. The number of aromatic hydroxyl groups is 1. The predicted octanol–water partition coefficient (Wildman–Crippen LogP) is 9.35. The fourth-order valence-corrected chi connectivity index (χ4v) is 6.30. The number of anilines is 2. The fourth-order valence-electron chi connectivity index (χ4n) is 6.09. The summed E-state index contributed by atoms with van der Waals surface area (Å²) in [5, 5.41) is 14.8. The Morgan fingerprint density at radius 3 is 2.60 bits per heavy atom. The molecule has 4 aromatic carbocycles. The van der Waals surface area contributed by atoms with Crippen LogP contribution in [0.4, 0.5) is 15.8 Å². The first-order chi connectivity index (χ1) is 20.6. The molecule has 1 amide bonds. The number of carbonyl (C=O) groups is 1. The average Bonchev–Trinajstić information content (AvgIpc) is 3.12. The van der Waals surface area contributed by atoms with Crippen molar-refractivity contribution in [3.05, 3.63) is 129 Å². The molecule has 0 bridgehead atoms. The monoisotopic (exact) mass is 596 g/mol. The summed E-state index contributed by atoms with van der Waals surface area (Å²) < 4.78 is 22.2. The van der Waals surface area contributed by atoms with Crippen molar-refractivity contribution in [3.8, 4) is 11.5 Å². The molecule has 0 fully saturated rings. The second-order valence-corrected chi connectivity index (χ2v) is 12.5. The maximum atomic E-state index is 16.3.